The quantitative estimate of drug-likeness (QED) is 0.866. The van der Waals surface area contributed by atoms with Crippen LogP contribution in [-0.2, 0) is 9.84 Å². The highest BCUT2D eigenvalue weighted by Gasteiger charge is 2.29. The zero-order chi connectivity index (χ0) is 15.0. The van der Waals surface area contributed by atoms with Crippen molar-refractivity contribution in [3.63, 3.8) is 0 Å². The van der Waals surface area contributed by atoms with E-state index in [0.717, 1.165) is 45.9 Å². The zero-order valence-electron chi connectivity index (χ0n) is 11.8. The smallest absolute Gasteiger partial charge is 0.151 e. The number of benzene rings is 1. The summed E-state index contributed by atoms with van der Waals surface area (Å²) in [6, 6.07) is 5.74. The van der Waals surface area contributed by atoms with E-state index < -0.39 is 9.84 Å². The Hall–Kier alpha value is -0.790. The van der Waals surface area contributed by atoms with Gasteiger partial charge in [-0.1, -0.05) is 18.2 Å². The van der Waals surface area contributed by atoms with Crippen LogP contribution in [0.1, 0.15) is 25.7 Å². The van der Waals surface area contributed by atoms with Gasteiger partial charge >= 0.3 is 0 Å². The number of thioether (sulfide) groups is 1. The van der Waals surface area contributed by atoms with Crippen LogP contribution in [0.4, 0.5) is 5.69 Å². The molecule has 1 heterocycles. The SMILES string of the molecule is CS(=O)(=O)C1CCCC(Sc2nc3ccc(N)cc3s2)C1. The Balaban J connectivity index is 1.75. The summed E-state index contributed by atoms with van der Waals surface area (Å²) in [4.78, 5) is 4.61. The summed E-state index contributed by atoms with van der Waals surface area (Å²) in [5.41, 5.74) is 7.50. The van der Waals surface area contributed by atoms with Gasteiger partial charge in [-0.2, -0.15) is 0 Å². The van der Waals surface area contributed by atoms with Gasteiger partial charge < -0.3 is 5.73 Å². The molecule has 0 amide bonds. The summed E-state index contributed by atoms with van der Waals surface area (Å²) in [5, 5.41) is 0.158. The number of fused-ring (bicyclic) bond motifs is 1. The van der Waals surface area contributed by atoms with Gasteiger partial charge in [-0.05, 0) is 37.5 Å². The first-order valence-corrected chi connectivity index (χ1v) is 10.6. The lowest BCUT2D eigenvalue weighted by Gasteiger charge is -2.26. The van der Waals surface area contributed by atoms with Gasteiger partial charge in [0.15, 0.2) is 4.34 Å². The van der Waals surface area contributed by atoms with Crippen LogP contribution in [-0.4, -0.2) is 30.2 Å². The van der Waals surface area contributed by atoms with Gasteiger partial charge in [0.1, 0.15) is 9.84 Å². The van der Waals surface area contributed by atoms with Gasteiger partial charge in [-0.15, -0.1) is 11.3 Å². The molecule has 114 valence electrons. The number of nitrogen functional groups attached to an aromatic ring is 1. The number of aromatic nitrogens is 1. The van der Waals surface area contributed by atoms with Crippen molar-refractivity contribution < 1.29 is 8.42 Å². The van der Waals surface area contributed by atoms with Gasteiger partial charge in [0.25, 0.3) is 0 Å². The highest BCUT2D eigenvalue weighted by molar-refractivity contribution is 8.01. The van der Waals surface area contributed by atoms with Crippen molar-refractivity contribution in [1.29, 1.82) is 0 Å². The van der Waals surface area contributed by atoms with Crippen LogP contribution in [0.5, 0.6) is 0 Å². The lowest BCUT2D eigenvalue weighted by atomic mass is 10.00. The Labute approximate surface area is 133 Å². The maximum absolute atomic E-state index is 11.7. The first-order chi connectivity index (χ1) is 9.91. The Morgan fingerprint density at radius 2 is 2.19 bits per heavy atom. The molecule has 2 atom stereocenters. The van der Waals surface area contributed by atoms with E-state index in [1.54, 1.807) is 23.1 Å². The average Bonchev–Trinajstić information content (AvgIpc) is 2.79. The molecule has 1 aromatic heterocycles. The molecule has 0 saturated heterocycles. The van der Waals surface area contributed by atoms with Crippen molar-refractivity contribution in [3.8, 4) is 0 Å². The fourth-order valence-corrected chi connectivity index (χ4v) is 6.67. The molecule has 21 heavy (non-hydrogen) atoms. The molecule has 1 aromatic carbocycles. The zero-order valence-corrected chi connectivity index (χ0v) is 14.2. The van der Waals surface area contributed by atoms with Crippen molar-refractivity contribution in [3.05, 3.63) is 18.2 Å². The molecule has 0 spiro atoms. The molecule has 2 aromatic rings. The first kappa shape index (κ1) is 15.1. The molecule has 2 unspecified atom stereocenters. The minimum atomic E-state index is -2.93. The van der Waals surface area contributed by atoms with Crippen molar-refractivity contribution in [2.24, 2.45) is 0 Å². The van der Waals surface area contributed by atoms with E-state index in [-0.39, 0.29) is 5.25 Å². The second kappa shape index (κ2) is 5.78. The van der Waals surface area contributed by atoms with Gasteiger partial charge in [0.05, 0.1) is 15.5 Å². The molecule has 7 heteroatoms. The number of nitrogens with two attached hydrogens (primary N) is 1. The van der Waals surface area contributed by atoms with Crippen LogP contribution >= 0.6 is 23.1 Å². The fourth-order valence-electron chi connectivity index (χ4n) is 2.71. The molecule has 0 radical (unpaired) electrons. The minimum absolute atomic E-state index is 0.186. The van der Waals surface area contributed by atoms with Crippen LogP contribution in [0.3, 0.4) is 0 Å². The van der Waals surface area contributed by atoms with Crippen LogP contribution in [0.2, 0.25) is 0 Å². The van der Waals surface area contributed by atoms with Gasteiger partial charge in [0.2, 0.25) is 0 Å². The minimum Gasteiger partial charge on any atom is -0.399 e. The lowest BCUT2D eigenvalue weighted by molar-refractivity contribution is 0.495. The summed E-state index contributed by atoms with van der Waals surface area (Å²) >= 11 is 3.35. The number of thiazole rings is 1. The number of rotatable bonds is 3. The van der Waals surface area contributed by atoms with Crippen LogP contribution in [0.25, 0.3) is 10.2 Å². The highest BCUT2D eigenvalue weighted by atomic mass is 32.2. The third-order valence-electron chi connectivity index (χ3n) is 3.84. The van der Waals surface area contributed by atoms with E-state index in [2.05, 4.69) is 4.98 Å². The third kappa shape index (κ3) is 3.52. The van der Waals surface area contributed by atoms with Crippen molar-refractivity contribution in [2.45, 2.75) is 40.5 Å². The van der Waals surface area contributed by atoms with E-state index >= 15 is 0 Å². The molecule has 2 N–H and O–H groups in total. The Bertz CT molecular complexity index is 755. The molecule has 1 aliphatic carbocycles. The molecule has 0 bridgehead atoms. The first-order valence-electron chi connectivity index (χ1n) is 6.93. The summed E-state index contributed by atoms with van der Waals surface area (Å²) in [5.74, 6) is 0. The van der Waals surface area contributed by atoms with Gasteiger partial charge in [0, 0.05) is 17.2 Å². The number of anilines is 1. The number of nitrogens with zero attached hydrogens (tertiary/aromatic N) is 1. The normalized spacial score (nSPS) is 23.5. The summed E-state index contributed by atoms with van der Waals surface area (Å²) in [6.07, 6.45) is 4.93. The van der Waals surface area contributed by atoms with E-state index in [1.807, 2.05) is 18.2 Å². The van der Waals surface area contributed by atoms with E-state index in [9.17, 15) is 8.42 Å². The largest absolute Gasteiger partial charge is 0.399 e. The number of hydrogen-bond donors (Lipinski definition) is 1. The van der Waals surface area contributed by atoms with E-state index in [0.29, 0.717) is 5.25 Å². The van der Waals surface area contributed by atoms with Crippen molar-refractivity contribution in [2.75, 3.05) is 12.0 Å². The number of hydrogen-bond acceptors (Lipinski definition) is 6. The molecule has 1 aliphatic rings. The standard InChI is InChI=1S/C14H18N2O2S3/c1-21(17,18)11-4-2-3-10(8-11)19-14-16-12-6-5-9(15)7-13(12)20-14/h5-7,10-11H,2-4,8,15H2,1H3. The maximum Gasteiger partial charge on any atom is 0.151 e. The van der Waals surface area contributed by atoms with E-state index in [4.69, 9.17) is 5.73 Å². The topological polar surface area (TPSA) is 73.0 Å². The van der Waals surface area contributed by atoms with Crippen molar-refractivity contribution in [1.82, 2.24) is 4.98 Å². The van der Waals surface area contributed by atoms with Crippen LogP contribution < -0.4 is 5.73 Å². The molecule has 3 rings (SSSR count). The average molecular weight is 343 g/mol. The Morgan fingerprint density at radius 1 is 1.38 bits per heavy atom. The Morgan fingerprint density at radius 3 is 2.95 bits per heavy atom. The van der Waals surface area contributed by atoms with Crippen molar-refractivity contribution >= 4 is 48.8 Å². The molecular formula is C14H18N2O2S3. The third-order valence-corrected chi connectivity index (χ3v) is 7.89. The molecular weight excluding hydrogens is 324 g/mol. The van der Waals surface area contributed by atoms with Gasteiger partial charge in [-0.3, -0.25) is 0 Å². The summed E-state index contributed by atoms with van der Waals surface area (Å²) < 4.78 is 25.6. The second-order valence-corrected chi connectivity index (χ2v) is 10.5. The highest BCUT2D eigenvalue weighted by Crippen LogP contribution is 2.39. The molecule has 4 nitrogen and oxygen atoms in total. The predicted octanol–water partition coefficient (Wildman–Crippen LogP) is 3.33. The van der Waals surface area contributed by atoms with Crippen LogP contribution in [0.15, 0.2) is 22.5 Å². The summed E-state index contributed by atoms with van der Waals surface area (Å²) in [6.45, 7) is 0. The fraction of sp³-hybridized carbons (Fsp3) is 0.500. The Kier molecular flexibility index (Phi) is 4.16. The second-order valence-electron chi connectivity index (χ2n) is 5.56. The maximum atomic E-state index is 11.7. The monoisotopic (exact) mass is 342 g/mol. The molecule has 1 saturated carbocycles. The lowest BCUT2D eigenvalue weighted by Crippen LogP contribution is -2.28. The molecule has 1 fully saturated rings. The predicted molar refractivity (Wildman–Crippen MR) is 90.8 cm³/mol. The van der Waals surface area contributed by atoms with Gasteiger partial charge in [-0.25, -0.2) is 13.4 Å². The van der Waals surface area contributed by atoms with Crippen LogP contribution in [0, 0.1) is 0 Å². The molecule has 0 aliphatic heterocycles. The summed E-state index contributed by atoms with van der Waals surface area (Å²) in [7, 11) is -2.93. The number of sulfone groups is 1. The van der Waals surface area contributed by atoms with E-state index in [1.165, 1.54) is 6.26 Å².